The van der Waals surface area contributed by atoms with Gasteiger partial charge in [0, 0.05) is 23.2 Å². The molecule has 2 atom stereocenters. The standard InChI is InChI=1S/C34H40N2/c1-25(31-17-21-33(35)22-18-31)29-13-9-27(10-14-29)7-5-3-4-6-8-28-11-15-30(16-12-28)26(2)32-19-23-34(36)24-20-32/h9-26H,3-8,35-36H2,1-2H3. The van der Waals surface area contributed by atoms with E-state index in [9.17, 15) is 0 Å². The van der Waals surface area contributed by atoms with Crippen molar-refractivity contribution < 1.29 is 0 Å². The minimum atomic E-state index is 0.384. The zero-order chi connectivity index (χ0) is 25.3. The maximum atomic E-state index is 5.83. The molecule has 186 valence electrons. The summed E-state index contributed by atoms with van der Waals surface area (Å²) in [5, 5.41) is 0. The van der Waals surface area contributed by atoms with E-state index in [-0.39, 0.29) is 0 Å². The van der Waals surface area contributed by atoms with Gasteiger partial charge in [-0.3, -0.25) is 0 Å². The first-order valence-electron chi connectivity index (χ1n) is 13.4. The number of anilines is 2. The quantitative estimate of drug-likeness (QED) is 0.168. The van der Waals surface area contributed by atoms with Crippen molar-refractivity contribution in [1.29, 1.82) is 0 Å². The predicted molar refractivity (Wildman–Crippen MR) is 156 cm³/mol. The van der Waals surface area contributed by atoms with Crippen LogP contribution in [0.15, 0.2) is 97.1 Å². The molecule has 4 rings (SSSR count). The van der Waals surface area contributed by atoms with Crippen LogP contribution in [0.4, 0.5) is 11.4 Å². The van der Waals surface area contributed by atoms with Gasteiger partial charge < -0.3 is 11.5 Å². The van der Waals surface area contributed by atoms with E-state index in [0.717, 1.165) is 24.2 Å². The van der Waals surface area contributed by atoms with Crippen molar-refractivity contribution in [2.45, 2.75) is 64.2 Å². The van der Waals surface area contributed by atoms with Crippen molar-refractivity contribution in [1.82, 2.24) is 0 Å². The van der Waals surface area contributed by atoms with Gasteiger partial charge in [0.1, 0.15) is 0 Å². The fourth-order valence-corrected chi connectivity index (χ4v) is 4.91. The summed E-state index contributed by atoms with van der Waals surface area (Å²) in [4.78, 5) is 0. The second-order valence-electron chi connectivity index (χ2n) is 10.2. The molecule has 4 aromatic carbocycles. The summed E-state index contributed by atoms with van der Waals surface area (Å²) >= 11 is 0. The van der Waals surface area contributed by atoms with Gasteiger partial charge in [-0.25, -0.2) is 0 Å². The third-order valence-corrected chi connectivity index (χ3v) is 7.51. The Kier molecular flexibility index (Phi) is 8.84. The van der Waals surface area contributed by atoms with Crippen molar-refractivity contribution in [2.75, 3.05) is 11.5 Å². The molecule has 0 aliphatic rings. The van der Waals surface area contributed by atoms with Crippen molar-refractivity contribution in [3.63, 3.8) is 0 Å². The monoisotopic (exact) mass is 476 g/mol. The third-order valence-electron chi connectivity index (χ3n) is 7.51. The Balaban J connectivity index is 1.15. The molecular weight excluding hydrogens is 436 g/mol. The normalized spacial score (nSPS) is 12.8. The zero-order valence-corrected chi connectivity index (χ0v) is 21.8. The molecule has 4 N–H and O–H groups in total. The predicted octanol–water partition coefficient (Wildman–Crippen LogP) is 8.50. The summed E-state index contributed by atoms with van der Waals surface area (Å²) in [6.45, 7) is 4.52. The molecule has 0 heterocycles. The second kappa shape index (κ2) is 12.4. The average molecular weight is 477 g/mol. The molecule has 2 heteroatoms. The summed E-state index contributed by atoms with van der Waals surface area (Å²) in [6, 6.07) is 34.8. The van der Waals surface area contributed by atoms with Gasteiger partial charge in [-0.05, 0) is 83.3 Å². The van der Waals surface area contributed by atoms with Crippen LogP contribution in [0.25, 0.3) is 0 Å². The summed E-state index contributed by atoms with van der Waals surface area (Å²) in [7, 11) is 0. The molecule has 0 aliphatic heterocycles. The molecular formula is C34H40N2. The van der Waals surface area contributed by atoms with Crippen LogP contribution in [0, 0.1) is 0 Å². The molecule has 0 fully saturated rings. The number of rotatable bonds is 11. The fraction of sp³-hybridized carbons (Fsp3) is 0.294. The minimum Gasteiger partial charge on any atom is -0.399 e. The van der Waals surface area contributed by atoms with Crippen molar-refractivity contribution >= 4 is 11.4 Å². The van der Waals surface area contributed by atoms with E-state index in [1.165, 1.54) is 59.1 Å². The van der Waals surface area contributed by atoms with Gasteiger partial charge in [0.2, 0.25) is 0 Å². The minimum absolute atomic E-state index is 0.384. The summed E-state index contributed by atoms with van der Waals surface area (Å²) < 4.78 is 0. The maximum absolute atomic E-state index is 5.83. The van der Waals surface area contributed by atoms with Crippen LogP contribution in [0.1, 0.15) is 84.7 Å². The number of nitrogen functional groups attached to an aromatic ring is 2. The Morgan fingerprint density at radius 3 is 1.00 bits per heavy atom. The number of nitrogens with two attached hydrogens (primary N) is 2. The van der Waals surface area contributed by atoms with Crippen LogP contribution in [0.5, 0.6) is 0 Å². The van der Waals surface area contributed by atoms with Gasteiger partial charge in [-0.1, -0.05) is 99.5 Å². The fourth-order valence-electron chi connectivity index (χ4n) is 4.91. The molecule has 0 aliphatic carbocycles. The number of hydrogen-bond acceptors (Lipinski definition) is 2. The first kappa shape index (κ1) is 25.6. The Labute approximate surface area is 217 Å². The lowest BCUT2D eigenvalue weighted by molar-refractivity contribution is 0.640. The average Bonchev–Trinajstić information content (AvgIpc) is 2.91. The van der Waals surface area contributed by atoms with Crippen molar-refractivity contribution in [3.05, 3.63) is 130 Å². The number of aryl methyl sites for hydroxylation is 2. The lowest BCUT2D eigenvalue weighted by Crippen LogP contribution is -1.97. The molecule has 0 aromatic heterocycles. The molecule has 0 radical (unpaired) electrons. The molecule has 2 nitrogen and oxygen atoms in total. The first-order chi connectivity index (χ1) is 17.5. The summed E-state index contributed by atoms with van der Waals surface area (Å²) in [6.07, 6.45) is 7.41. The van der Waals surface area contributed by atoms with E-state index in [1.54, 1.807) is 0 Å². The Morgan fingerprint density at radius 1 is 0.417 bits per heavy atom. The van der Waals surface area contributed by atoms with Crippen LogP contribution >= 0.6 is 0 Å². The molecule has 0 amide bonds. The van der Waals surface area contributed by atoms with E-state index >= 15 is 0 Å². The topological polar surface area (TPSA) is 52.0 Å². The van der Waals surface area contributed by atoms with Gasteiger partial charge in [0.05, 0.1) is 0 Å². The lowest BCUT2D eigenvalue weighted by Gasteiger charge is -2.14. The maximum Gasteiger partial charge on any atom is 0.0314 e. The van der Waals surface area contributed by atoms with Crippen LogP contribution in [-0.2, 0) is 12.8 Å². The molecule has 4 aromatic rings. The van der Waals surface area contributed by atoms with E-state index in [4.69, 9.17) is 11.5 Å². The van der Waals surface area contributed by atoms with E-state index in [2.05, 4.69) is 86.6 Å². The van der Waals surface area contributed by atoms with E-state index < -0.39 is 0 Å². The van der Waals surface area contributed by atoms with Crippen molar-refractivity contribution in [2.24, 2.45) is 0 Å². The summed E-state index contributed by atoms with van der Waals surface area (Å²) in [5.41, 5.74) is 21.5. The van der Waals surface area contributed by atoms with Crippen LogP contribution in [0.2, 0.25) is 0 Å². The number of benzene rings is 4. The van der Waals surface area contributed by atoms with Crippen LogP contribution in [0.3, 0.4) is 0 Å². The lowest BCUT2D eigenvalue weighted by atomic mass is 9.91. The van der Waals surface area contributed by atoms with Gasteiger partial charge in [-0.15, -0.1) is 0 Å². The highest BCUT2D eigenvalue weighted by Crippen LogP contribution is 2.26. The molecule has 2 unspecified atom stereocenters. The van der Waals surface area contributed by atoms with Crippen molar-refractivity contribution in [3.8, 4) is 0 Å². The largest absolute Gasteiger partial charge is 0.399 e. The first-order valence-corrected chi connectivity index (χ1v) is 13.4. The third kappa shape index (κ3) is 7.01. The number of hydrogen-bond donors (Lipinski definition) is 2. The zero-order valence-electron chi connectivity index (χ0n) is 21.8. The Bertz CT molecular complexity index is 1090. The van der Waals surface area contributed by atoms with Gasteiger partial charge in [0.25, 0.3) is 0 Å². The van der Waals surface area contributed by atoms with E-state index in [1.807, 2.05) is 24.3 Å². The molecule has 0 spiro atoms. The number of unbranched alkanes of at least 4 members (excludes halogenated alkanes) is 3. The highest BCUT2D eigenvalue weighted by atomic mass is 14.5. The molecule has 0 bridgehead atoms. The SMILES string of the molecule is CC(c1ccc(N)cc1)c1ccc(CCCCCCc2ccc(C(C)c3ccc(N)cc3)cc2)cc1. The van der Waals surface area contributed by atoms with Gasteiger partial charge in [0.15, 0.2) is 0 Å². The van der Waals surface area contributed by atoms with E-state index in [0.29, 0.717) is 11.8 Å². The molecule has 36 heavy (non-hydrogen) atoms. The summed E-state index contributed by atoms with van der Waals surface area (Å²) in [5.74, 6) is 0.768. The Morgan fingerprint density at radius 2 is 0.694 bits per heavy atom. The van der Waals surface area contributed by atoms with Crippen LogP contribution < -0.4 is 11.5 Å². The highest BCUT2D eigenvalue weighted by Gasteiger charge is 2.09. The second-order valence-corrected chi connectivity index (χ2v) is 10.2. The van der Waals surface area contributed by atoms with Gasteiger partial charge in [-0.2, -0.15) is 0 Å². The van der Waals surface area contributed by atoms with Gasteiger partial charge >= 0.3 is 0 Å². The van der Waals surface area contributed by atoms with Crippen LogP contribution in [-0.4, -0.2) is 0 Å². The molecule has 0 saturated carbocycles. The smallest absolute Gasteiger partial charge is 0.0314 e. The Hall–Kier alpha value is -3.52. The molecule has 0 saturated heterocycles. The highest BCUT2D eigenvalue weighted by molar-refractivity contribution is 5.43.